The monoisotopic (exact) mass is 334 g/mol. The molecule has 1 aliphatic rings. The highest BCUT2D eigenvalue weighted by atomic mass is 16.1. The smallest absolute Gasteiger partial charge is 0.261 e. The Kier molecular flexibility index (Phi) is 5.11. The quantitative estimate of drug-likeness (QED) is 0.692. The van der Waals surface area contributed by atoms with Crippen LogP contribution in [-0.2, 0) is 7.05 Å². The molecule has 0 saturated carbocycles. The lowest BCUT2D eigenvalue weighted by Crippen LogP contribution is -2.39. The van der Waals surface area contributed by atoms with Crippen LogP contribution in [0.1, 0.15) is 37.2 Å². The summed E-state index contributed by atoms with van der Waals surface area (Å²) in [6, 6.07) is 5.70. The Morgan fingerprint density at radius 2 is 2.32 bits per heavy atom. The van der Waals surface area contributed by atoms with Crippen LogP contribution in [-0.4, -0.2) is 28.9 Å². The number of hydrogen-bond donors (Lipinski definition) is 1. The van der Waals surface area contributed by atoms with Crippen molar-refractivity contribution >= 4 is 16.6 Å². The Balaban J connectivity index is 2.01. The Morgan fingerprint density at radius 3 is 2.96 bits per heavy atom. The van der Waals surface area contributed by atoms with Gasteiger partial charge in [0.2, 0.25) is 0 Å². The largest absolute Gasteiger partial charge is 0.307 e. The number of hydrogen-bond acceptors (Lipinski definition) is 4. The molecule has 3 rings (SSSR count). The van der Waals surface area contributed by atoms with Gasteiger partial charge < -0.3 is 5.32 Å². The number of nitrogens with one attached hydrogen (secondary N) is 1. The van der Waals surface area contributed by atoms with Gasteiger partial charge in [-0.15, -0.1) is 0 Å². The summed E-state index contributed by atoms with van der Waals surface area (Å²) >= 11 is 0. The molecule has 1 unspecified atom stereocenters. The van der Waals surface area contributed by atoms with Crippen molar-refractivity contribution in [3.63, 3.8) is 0 Å². The van der Waals surface area contributed by atoms with Crippen molar-refractivity contribution < 1.29 is 0 Å². The van der Waals surface area contributed by atoms with Crippen LogP contribution in [0.25, 0.3) is 10.9 Å². The lowest BCUT2D eigenvalue weighted by Gasteiger charge is -2.28. The highest BCUT2D eigenvalue weighted by Gasteiger charge is 2.23. The Labute approximate surface area is 147 Å². The van der Waals surface area contributed by atoms with Gasteiger partial charge in [0.25, 0.3) is 5.56 Å². The maximum Gasteiger partial charge on any atom is 0.261 e. The second-order valence-corrected chi connectivity index (χ2v) is 6.03. The highest BCUT2D eigenvalue weighted by molar-refractivity contribution is 6.09. The molecule has 2 aromatic rings. The van der Waals surface area contributed by atoms with E-state index in [1.165, 1.54) is 0 Å². The van der Waals surface area contributed by atoms with Crippen molar-refractivity contribution in [1.82, 2.24) is 14.9 Å². The predicted octanol–water partition coefficient (Wildman–Crippen LogP) is 2.36. The fraction of sp³-hybridized carbons (Fsp3) is 0.350. The zero-order valence-electron chi connectivity index (χ0n) is 14.8. The van der Waals surface area contributed by atoms with E-state index in [1.807, 2.05) is 24.3 Å². The van der Waals surface area contributed by atoms with Crippen LogP contribution in [0, 0.1) is 11.8 Å². The molecule has 0 bridgehead atoms. The first kappa shape index (κ1) is 17.1. The zero-order valence-corrected chi connectivity index (χ0v) is 14.8. The van der Waals surface area contributed by atoms with Crippen LogP contribution in [0.5, 0.6) is 0 Å². The van der Waals surface area contributed by atoms with Crippen LogP contribution in [0.3, 0.4) is 0 Å². The summed E-state index contributed by atoms with van der Waals surface area (Å²) in [4.78, 5) is 21.4. The summed E-state index contributed by atoms with van der Waals surface area (Å²) in [7, 11) is 3.51. The number of rotatable bonds is 3. The van der Waals surface area contributed by atoms with Gasteiger partial charge in [-0.25, -0.2) is 4.98 Å². The van der Waals surface area contributed by atoms with Crippen molar-refractivity contribution in [1.29, 1.82) is 0 Å². The minimum Gasteiger partial charge on any atom is -0.307 e. The van der Waals surface area contributed by atoms with Crippen LogP contribution in [0.4, 0.5) is 0 Å². The average molecular weight is 334 g/mol. The highest BCUT2D eigenvalue weighted by Crippen LogP contribution is 2.21. The molecule has 1 saturated heterocycles. The zero-order chi connectivity index (χ0) is 17.8. The molecular weight excluding hydrogens is 312 g/mol. The summed E-state index contributed by atoms with van der Waals surface area (Å²) in [6.07, 6.45) is 5.90. The standard InChI is InChI=1S/C20H22N4O/c1-4-5-6-15(21-2)9-7-14-8-10-16-18(13-14)23-19(17-11-12-22-17)24(3)20(16)25/h5-6,8,10,13,17,22H,4,11-12H2,1-3H3/b6-5-,21-15?. The number of fused-ring (bicyclic) bond motifs is 1. The van der Waals surface area contributed by atoms with Gasteiger partial charge in [0.05, 0.1) is 16.9 Å². The third-order valence-electron chi connectivity index (χ3n) is 4.33. The lowest BCUT2D eigenvalue weighted by molar-refractivity contribution is 0.355. The van der Waals surface area contributed by atoms with E-state index in [9.17, 15) is 4.79 Å². The molecule has 1 atom stereocenters. The predicted molar refractivity (Wildman–Crippen MR) is 102 cm³/mol. The molecule has 1 aromatic heterocycles. The number of aliphatic imine (C=N–C) groups is 1. The molecule has 0 radical (unpaired) electrons. The molecule has 25 heavy (non-hydrogen) atoms. The first-order valence-corrected chi connectivity index (χ1v) is 8.53. The van der Waals surface area contributed by atoms with E-state index >= 15 is 0 Å². The van der Waals surface area contributed by atoms with E-state index in [-0.39, 0.29) is 11.6 Å². The summed E-state index contributed by atoms with van der Waals surface area (Å²) in [6.45, 7) is 3.04. The van der Waals surface area contributed by atoms with E-state index in [1.54, 1.807) is 24.7 Å². The summed E-state index contributed by atoms with van der Waals surface area (Å²) in [5.41, 5.74) is 2.23. The van der Waals surface area contributed by atoms with Gasteiger partial charge in [0.1, 0.15) is 11.5 Å². The van der Waals surface area contributed by atoms with Crippen LogP contribution >= 0.6 is 0 Å². The molecule has 0 aliphatic carbocycles. The minimum atomic E-state index is -0.0186. The summed E-state index contributed by atoms with van der Waals surface area (Å²) in [5, 5.41) is 3.92. The molecule has 0 spiro atoms. The Bertz CT molecular complexity index is 969. The first-order chi connectivity index (χ1) is 12.1. The van der Waals surface area contributed by atoms with Gasteiger partial charge in [-0.05, 0) is 49.6 Å². The molecule has 0 amide bonds. The SMILES string of the molecule is CC/C=C\C(C#Cc1ccc2c(=O)n(C)c(C3CCN3)nc2c1)=NC. The summed E-state index contributed by atoms with van der Waals surface area (Å²) < 4.78 is 1.64. The number of nitrogens with zero attached hydrogens (tertiary/aromatic N) is 3. The Morgan fingerprint density at radius 1 is 1.52 bits per heavy atom. The molecule has 2 heterocycles. The number of allylic oxidation sites excluding steroid dienone is 2. The van der Waals surface area contributed by atoms with Gasteiger partial charge in [0.15, 0.2) is 0 Å². The summed E-state index contributed by atoms with van der Waals surface area (Å²) in [5.74, 6) is 6.96. The van der Waals surface area contributed by atoms with Gasteiger partial charge in [-0.2, -0.15) is 0 Å². The van der Waals surface area contributed by atoms with E-state index in [4.69, 9.17) is 4.98 Å². The lowest BCUT2D eigenvalue weighted by atomic mass is 10.1. The molecule has 1 fully saturated rings. The topological polar surface area (TPSA) is 59.3 Å². The third-order valence-corrected chi connectivity index (χ3v) is 4.33. The van der Waals surface area contributed by atoms with E-state index in [0.29, 0.717) is 10.9 Å². The number of aromatic nitrogens is 2. The second-order valence-electron chi connectivity index (χ2n) is 6.03. The Hall–Kier alpha value is -2.71. The van der Waals surface area contributed by atoms with E-state index in [0.717, 1.165) is 36.5 Å². The van der Waals surface area contributed by atoms with Crippen molar-refractivity contribution in [2.24, 2.45) is 12.0 Å². The van der Waals surface area contributed by atoms with E-state index < -0.39 is 0 Å². The molecular formula is C20H22N4O. The maximum absolute atomic E-state index is 12.6. The molecule has 1 aromatic carbocycles. The van der Waals surface area contributed by atoms with Crippen molar-refractivity contribution in [3.8, 4) is 11.8 Å². The van der Waals surface area contributed by atoms with Crippen LogP contribution in [0.2, 0.25) is 0 Å². The molecule has 128 valence electrons. The van der Waals surface area contributed by atoms with E-state index in [2.05, 4.69) is 29.1 Å². The van der Waals surface area contributed by atoms with Crippen LogP contribution in [0.15, 0.2) is 40.1 Å². The average Bonchev–Trinajstić information content (AvgIpc) is 2.58. The van der Waals surface area contributed by atoms with Crippen molar-refractivity contribution in [3.05, 3.63) is 52.1 Å². The van der Waals surface area contributed by atoms with Crippen molar-refractivity contribution in [2.75, 3.05) is 13.6 Å². The number of benzene rings is 1. The normalized spacial score (nSPS) is 17.4. The van der Waals surface area contributed by atoms with Crippen molar-refractivity contribution in [2.45, 2.75) is 25.8 Å². The second kappa shape index (κ2) is 7.45. The minimum absolute atomic E-state index is 0.0186. The maximum atomic E-state index is 12.6. The molecule has 1 N–H and O–H groups in total. The van der Waals surface area contributed by atoms with Gasteiger partial charge in [0, 0.05) is 19.7 Å². The molecule has 1 aliphatic heterocycles. The molecule has 5 heteroatoms. The van der Waals surface area contributed by atoms with Crippen LogP contribution < -0.4 is 10.9 Å². The third kappa shape index (κ3) is 3.54. The fourth-order valence-corrected chi connectivity index (χ4v) is 2.72. The first-order valence-electron chi connectivity index (χ1n) is 8.53. The molecule has 5 nitrogen and oxygen atoms in total. The van der Waals surface area contributed by atoms with Gasteiger partial charge >= 0.3 is 0 Å². The van der Waals surface area contributed by atoms with Gasteiger partial charge in [-0.3, -0.25) is 14.4 Å². The fourth-order valence-electron chi connectivity index (χ4n) is 2.72. The van der Waals surface area contributed by atoms with Gasteiger partial charge in [-0.1, -0.05) is 18.9 Å².